The zero-order valence-corrected chi connectivity index (χ0v) is 21.1. The predicted molar refractivity (Wildman–Crippen MR) is 126 cm³/mol. The largest absolute Gasteiger partial charge is 0.388 e. The van der Waals surface area contributed by atoms with Crippen LogP contribution in [0.25, 0.3) is 11.4 Å². The van der Waals surface area contributed by atoms with Gasteiger partial charge in [-0.15, -0.1) is 0 Å². The maximum Gasteiger partial charge on any atom is 0.359 e. The van der Waals surface area contributed by atoms with E-state index < -0.39 is 48.5 Å². The van der Waals surface area contributed by atoms with Crippen molar-refractivity contribution >= 4 is 7.60 Å². The molecular formula is C23H35N2O8P. The van der Waals surface area contributed by atoms with Gasteiger partial charge in [-0.3, -0.25) is 9.36 Å². The molecule has 0 saturated carbocycles. The van der Waals surface area contributed by atoms with Gasteiger partial charge in [0.15, 0.2) is 5.34 Å². The molecule has 190 valence electrons. The van der Waals surface area contributed by atoms with Crippen molar-refractivity contribution in [3.05, 3.63) is 39.8 Å². The summed E-state index contributed by atoms with van der Waals surface area (Å²) >= 11 is 0. The van der Waals surface area contributed by atoms with Crippen molar-refractivity contribution in [1.82, 2.24) is 9.97 Å². The third-order valence-electron chi connectivity index (χ3n) is 6.92. The van der Waals surface area contributed by atoms with E-state index in [-0.39, 0.29) is 31.2 Å². The molecule has 3 heterocycles. The van der Waals surface area contributed by atoms with Gasteiger partial charge in [-0.05, 0) is 50.8 Å². The normalized spacial score (nSPS) is 27.0. The van der Waals surface area contributed by atoms with E-state index >= 15 is 0 Å². The molecule has 5 N–H and O–H groups in total. The Morgan fingerprint density at radius 3 is 2.41 bits per heavy atom. The molecule has 0 spiro atoms. The van der Waals surface area contributed by atoms with Crippen molar-refractivity contribution < 1.29 is 34.0 Å². The smallest absolute Gasteiger partial charge is 0.359 e. The third kappa shape index (κ3) is 4.99. The van der Waals surface area contributed by atoms with E-state index in [4.69, 9.17) is 9.26 Å². The molecule has 6 atom stereocenters. The molecule has 0 bridgehead atoms. The number of hydrogen-bond donors (Lipinski definition) is 5. The van der Waals surface area contributed by atoms with E-state index in [0.29, 0.717) is 11.4 Å². The molecule has 0 aromatic heterocycles. The summed E-state index contributed by atoms with van der Waals surface area (Å²) in [5.41, 5.74) is -0.150. The first-order valence-electron chi connectivity index (χ1n) is 11.6. The van der Waals surface area contributed by atoms with Crippen molar-refractivity contribution in [2.45, 2.75) is 95.7 Å². The summed E-state index contributed by atoms with van der Waals surface area (Å²) in [6.45, 7) is 8.41. The van der Waals surface area contributed by atoms with Crippen LogP contribution in [0.1, 0.15) is 70.6 Å². The minimum absolute atomic E-state index is 0.0263. The van der Waals surface area contributed by atoms with Crippen LogP contribution in [0.2, 0.25) is 0 Å². The Labute approximate surface area is 198 Å². The molecule has 0 aromatic carbocycles. The number of nitrogens with one attached hydrogen (secondary N) is 1. The Morgan fingerprint density at radius 1 is 1.18 bits per heavy atom. The van der Waals surface area contributed by atoms with Gasteiger partial charge in [0.2, 0.25) is 0 Å². The minimum Gasteiger partial charge on any atom is -0.388 e. The predicted octanol–water partition coefficient (Wildman–Crippen LogP) is 2.61. The Bertz CT molecular complexity index is 1090. The van der Waals surface area contributed by atoms with Crippen LogP contribution in [0.5, 0.6) is 0 Å². The number of aliphatic hydroxyl groups is 3. The van der Waals surface area contributed by atoms with Crippen LogP contribution in [0.3, 0.4) is 0 Å². The van der Waals surface area contributed by atoms with E-state index in [2.05, 4.69) is 9.97 Å². The van der Waals surface area contributed by atoms with Crippen molar-refractivity contribution in [2.24, 2.45) is 0 Å². The number of hydrogen-bond acceptors (Lipinski definition) is 8. The number of nitrogens with zero attached hydrogens (tertiary/aromatic N) is 1. The van der Waals surface area contributed by atoms with Gasteiger partial charge in [0.1, 0.15) is 24.1 Å². The van der Waals surface area contributed by atoms with Crippen LogP contribution in [-0.2, 0) is 13.8 Å². The Hall–Kier alpha value is -1.65. The SMILES string of the molecule is CCC(C)(C[C@H]1O[C@@H](c2cc3cc(C)c[nH]c-3nc2=O)[C@@H](O)C1O)OP(=O)(O)C(O)(CC)CC. The summed E-state index contributed by atoms with van der Waals surface area (Å²) in [6.07, 6.45) is -2.89. The maximum atomic E-state index is 13.0. The van der Waals surface area contributed by atoms with E-state index in [0.717, 1.165) is 5.56 Å². The van der Waals surface area contributed by atoms with Crippen LogP contribution in [0, 0.1) is 6.92 Å². The monoisotopic (exact) mass is 498 g/mol. The Balaban J connectivity index is 1.87. The summed E-state index contributed by atoms with van der Waals surface area (Å²) < 4.78 is 24.5. The fourth-order valence-electron chi connectivity index (χ4n) is 4.31. The highest BCUT2D eigenvalue weighted by Gasteiger charge is 2.51. The van der Waals surface area contributed by atoms with Crippen molar-refractivity contribution in [2.75, 3.05) is 0 Å². The quantitative estimate of drug-likeness (QED) is 0.327. The second kappa shape index (κ2) is 9.78. The number of fused-ring (bicyclic) bond motifs is 1. The lowest BCUT2D eigenvalue weighted by Crippen LogP contribution is -2.40. The summed E-state index contributed by atoms with van der Waals surface area (Å²) in [7, 11) is -4.47. The number of aliphatic hydroxyl groups excluding tert-OH is 2. The summed E-state index contributed by atoms with van der Waals surface area (Å²) in [4.78, 5) is 30.2. The highest BCUT2D eigenvalue weighted by atomic mass is 31.2. The van der Waals surface area contributed by atoms with E-state index in [1.807, 2.05) is 13.0 Å². The lowest BCUT2D eigenvalue weighted by Gasteiger charge is -2.38. The standard InChI is InChI=1S/C23H35N2O8P/c1-6-22(5,33-34(30,31)23(29,7-2)8-3)11-16-17(26)18(27)19(32-16)15-10-14-9-13(4)12-24-20(14)25-21(15)28/h9-10,12,16-19,26-27,29H,6-8,11H2,1-5H3,(H,30,31)(H,24,25,28)/t16-,17?,18+,19+,22?/m1/s1. The van der Waals surface area contributed by atoms with Crippen LogP contribution < -0.4 is 5.56 Å². The number of aryl methyl sites for hydroxylation is 1. The number of ether oxygens (including phenoxy) is 1. The van der Waals surface area contributed by atoms with Crippen molar-refractivity contribution in [1.29, 1.82) is 0 Å². The zero-order chi connectivity index (χ0) is 25.5. The molecule has 1 fully saturated rings. The van der Waals surface area contributed by atoms with Crippen molar-refractivity contribution in [3.8, 4) is 11.4 Å². The van der Waals surface area contributed by atoms with Crippen molar-refractivity contribution in [3.63, 3.8) is 0 Å². The molecule has 0 amide bonds. The number of aromatic amines is 1. The molecule has 3 unspecified atom stereocenters. The second-order valence-electron chi connectivity index (χ2n) is 9.38. The first-order valence-corrected chi connectivity index (χ1v) is 13.1. The minimum atomic E-state index is -4.47. The van der Waals surface area contributed by atoms with E-state index in [1.54, 1.807) is 40.0 Å². The lowest BCUT2D eigenvalue weighted by atomic mass is 9.92. The van der Waals surface area contributed by atoms with Crippen LogP contribution in [0.4, 0.5) is 0 Å². The summed E-state index contributed by atoms with van der Waals surface area (Å²) in [5, 5.41) is 30.1. The first-order chi connectivity index (χ1) is 15.8. The molecule has 10 nitrogen and oxygen atoms in total. The van der Waals surface area contributed by atoms with Crippen LogP contribution in [-0.4, -0.2) is 59.4 Å². The van der Waals surface area contributed by atoms with Gasteiger partial charge in [0, 0.05) is 18.2 Å². The van der Waals surface area contributed by atoms with Gasteiger partial charge < -0.3 is 34.5 Å². The molecular weight excluding hydrogens is 463 g/mol. The molecule has 34 heavy (non-hydrogen) atoms. The molecule has 3 aliphatic rings. The summed E-state index contributed by atoms with van der Waals surface area (Å²) in [6, 6.07) is 3.41. The van der Waals surface area contributed by atoms with Gasteiger partial charge >= 0.3 is 7.60 Å². The highest BCUT2D eigenvalue weighted by molar-refractivity contribution is 7.54. The fraction of sp³-hybridized carbons (Fsp3) is 0.652. The van der Waals surface area contributed by atoms with Gasteiger partial charge in [-0.25, -0.2) is 0 Å². The molecule has 0 aromatic rings. The average molecular weight is 499 g/mol. The summed E-state index contributed by atoms with van der Waals surface area (Å²) in [5.74, 6) is 0.397. The Morgan fingerprint density at radius 2 is 1.82 bits per heavy atom. The molecule has 3 aliphatic heterocycles. The second-order valence-corrected chi connectivity index (χ2v) is 11.4. The van der Waals surface area contributed by atoms with Crippen LogP contribution >= 0.6 is 7.60 Å². The molecule has 0 radical (unpaired) electrons. The lowest BCUT2D eigenvalue weighted by molar-refractivity contribution is -0.0545. The van der Waals surface area contributed by atoms with E-state index in [9.17, 15) is 29.6 Å². The molecule has 3 rings (SSSR count). The average Bonchev–Trinajstić information content (AvgIpc) is 3.05. The van der Waals surface area contributed by atoms with Gasteiger partial charge in [0.05, 0.1) is 17.3 Å². The number of rotatable bonds is 9. The third-order valence-corrected chi connectivity index (χ3v) is 9.29. The highest BCUT2D eigenvalue weighted by Crippen LogP contribution is 2.60. The van der Waals surface area contributed by atoms with E-state index in [1.165, 1.54) is 0 Å². The van der Waals surface area contributed by atoms with Crippen LogP contribution in [0.15, 0.2) is 23.1 Å². The molecule has 11 heteroatoms. The number of H-pyrrole nitrogens is 1. The fourth-order valence-corrected chi connectivity index (χ4v) is 6.08. The van der Waals surface area contributed by atoms with Gasteiger partial charge in [-0.2, -0.15) is 4.98 Å². The number of pyridine rings is 2. The van der Waals surface area contributed by atoms with Gasteiger partial charge in [-0.1, -0.05) is 20.8 Å². The van der Waals surface area contributed by atoms with Gasteiger partial charge in [0.25, 0.3) is 5.56 Å². The zero-order valence-electron chi connectivity index (χ0n) is 20.2. The first kappa shape index (κ1) is 26.9. The Kier molecular flexibility index (Phi) is 7.75. The number of aromatic nitrogens is 2. The molecule has 0 aliphatic carbocycles. The topological polar surface area (TPSA) is 162 Å². The maximum absolute atomic E-state index is 13.0. The molecule has 1 saturated heterocycles.